The van der Waals surface area contributed by atoms with E-state index in [2.05, 4.69) is 58.8 Å². The third kappa shape index (κ3) is 4.99. The Morgan fingerprint density at radius 2 is 1.72 bits per heavy atom. The Bertz CT molecular complexity index is 533. The summed E-state index contributed by atoms with van der Waals surface area (Å²) in [5, 5.41) is 0. The molecule has 1 aromatic carbocycles. The van der Waals surface area contributed by atoms with Crippen molar-refractivity contribution in [2.45, 2.75) is 26.2 Å². The number of terminal acetylenes is 1. The summed E-state index contributed by atoms with van der Waals surface area (Å²) in [6.07, 6.45) is 5.50. The summed E-state index contributed by atoms with van der Waals surface area (Å²) in [7, 11) is -3.99. The maximum atomic E-state index is 6.10. The number of benzene rings is 1. The topological polar surface area (TPSA) is 9.23 Å². The van der Waals surface area contributed by atoms with E-state index in [1.807, 2.05) is 31.3 Å². The smallest absolute Gasteiger partial charge is 0.256 e. The van der Waals surface area contributed by atoms with Gasteiger partial charge in [0.15, 0.2) is 0 Å². The van der Waals surface area contributed by atoms with Crippen molar-refractivity contribution in [3.63, 3.8) is 0 Å². The van der Waals surface area contributed by atoms with Crippen LogP contribution >= 0.6 is 22.6 Å². The lowest BCUT2D eigenvalue weighted by Crippen LogP contribution is -2.42. The van der Waals surface area contributed by atoms with Crippen molar-refractivity contribution in [3.05, 3.63) is 33.4 Å². The fourth-order valence-electron chi connectivity index (χ4n) is 1.47. The molecule has 0 bridgehead atoms. The van der Waals surface area contributed by atoms with Gasteiger partial charge in [0.2, 0.25) is 0 Å². The largest absolute Gasteiger partial charge is 0.438 e. The number of rotatable bonds is 2. The highest BCUT2D eigenvalue weighted by Crippen LogP contribution is 2.14. The first-order valence-electron chi connectivity index (χ1n) is 5.71. The van der Waals surface area contributed by atoms with Gasteiger partial charge in [-0.2, -0.15) is 0 Å². The summed E-state index contributed by atoms with van der Waals surface area (Å²) in [4.78, 5) is 0. The molecule has 4 heteroatoms. The van der Waals surface area contributed by atoms with E-state index < -0.39 is 16.6 Å². The van der Waals surface area contributed by atoms with E-state index in [0.717, 1.165) is 5.56 Å². The predicted molar refractivity (Wildman–Crippen MR) is 90.9 cm³/mol. The molecule has 0 fully saturated rings. The zero-order valence-corrected chi connectivity index (χ0v) is 15.3. The van der Waals surface area contributed by atoms with Crippen molar-refractivity contribution in [2.75, 3.05) is 0 Å². The lowest BCUT2D eigenvalue weighted by Gasteiger charge is -2.25. The molecule has 0 saturated heterocycles. The average Bonchev–Trinajstić information content (AvgIpc) is 2.27. The van der Waals surface area contributed by atoms with Gasteiger partial charge in [-0.3, -0.25) is 0 Å². The minimum Gasteiger partial charge on any atom is -0.438 e. The zero-order chi connectivity index (χ0) is 13.8. The van der Waals surface area contributed by atoms with Crippen LogP contribution in [0.3, 0.4) is 0 Å². The normalized spacial score (nSPS) is 11.3. The van der Waals surface area contributed by atoms with Gasteiger partial charge in [-0.1, -0.05) is 23.6 Å². The number of hydrogen-bond acceptors (Lipinski definition) is 1. The highest BCUT2D eigenvalue weighted by atomic mass is 127. The summed E-state index contributed by atoms with van der Waals surface area (Å²) >= 11 is 2.30. The molecule has 0 aromatic heterocycles. The second-order valence-electron chi connectivity index (χ2n) is 5.00. The molecule has 0 spiro atoms. The van der Waals surface area contributed by atoms with E-state index >= 15 is 0 Å². The molecule has 0 saturated carbocycles. The molecule has 1 aromatic rings. The van der Waals surface area contributed by atoms with E-state index in [9.17, 15) is 0 Å². The van der Waals surface area contributed by atoms with Crippen LogP contribution in [0.4, 0.5) is 0 Å². The number of halogens is 1. The summed E-state index contributed by atoms with van der Waals surface area (Å²) in [6, 6.07) is 8.10. The molecule has 0 amide bonds. The highest BCUT2D eigenvalue weighted by Gasteiger charge is 2.30. The molecule has 0 N–H and O–H groups in total. The maximum absolute atomic E-state index is 6.10. The van der Waals surface area contributed by atoms with Crippen molar-refractivity contribution in [3.8, 4) is 23.4 Å². The van der Waals surface area contributed by atoms with Crippen molar-refractivity contribution >= 4 is 39.2 Å². The molecule has 1 nitrogen and oxygen atoms in total. The third-order valence-corrected chi connectivity index (χ3v) is 8.68. The molecular formula is C14H17IOSi2. The van der Waals surface area contributed by atoms with Crippen molar-refractivity contribution in [1.29, 1.82) is 0 Å². The van der Waals surface area contributed by atoms with E-state index in [1.54, 1.807) is 0 Å². The summed E-state index contributed by atoms with van der Waals surface area (Å²) in [5.41, 5.74) is 7.15. The lowest BCUT2D eigenvalue weighted by molar-refractivity contribution is 0.576. The first-order chi connectivity index (χ1) is 8.26. The number of hydrogen-bond donors (Lipinski definition) is 0. The van der Waals surface area contributed by atoms with Gasteiger partial charge in [-0.25, -0.2) is 0 Å². The summed E-state index contributed by atoms with van der Waals surface area (Å²) < 4.78 is 7.27. The van der Waals surface area contributed by atoms with Gasteiger partial charge in [-0.05, 0) is 60.9 Å². The van der Waals surface area contributed by atoms with E-state index in [4.69, 9.17) is 10.5 Å². The van der Waals surface area contributed by atoms with Crippen LogP contribution < -0.4 is 0 Å². The second-order valence-corrected chi connectivity index (χ2v) is 13.6. The molecule has 94 valence electrons. The van der Waals surface area contributed by atoms with Crippen molar-refractivity contribution in [2.24, 2.45) is 0 Å². The molecule has 0 aliphatic heterocycles. The Morgan fingerprint density at radius 1 is 1.11 bits per heavy atom. The Labute approximate surface area is 126 Å². The summed E-state index contributed by atoms with van der Waals surface area (Å²) in [6.45, 7) is 8.27. The van der Waals surface area contributed by atoms with Gasteiger partial charge >= 0.3 is 0 Å². The quantitative estimate of drug-likeness (QED) is 0.428. The SMILES string of the molecule is C#C[Si](C)(C)O[Si](C)(C)C#Cc1ccccc1I. The molecule has 0 unspecified atom stereocenters. The Hall–Kier alpha value is -0.536. The first kappa shape index (κ1) is 15.5. The standard InChI is InChI=1S/C14H17IOSi2/c1-6-17(2,3)16-18(4,5)12-11-13-9-7-8-10-14(13)15/h1,7-10H,2-5H3. The van der Waals surface area contributed by atoms with Gasteiger partial charge in [0.25, 0.3) is 16.6 Å². The molecule has 18 heavy (non-hydrogen) atoms. The summed E-state index contributed by atoms with van der Waals surface area (Å²) in [5.74, 6) is 3.23. The van der Waals surface area contributed by atoms with Crippen LogP contribution in [0, 0.1) is 27.0 Å². The van der Waals surface area contributed by atoms with Crippen LogP contribution in [-0.2, 0) is 4.12 Å². The second kappa shape index (κ2) is 6.07. The fraction of sp³-hybridized carbons (Fsp3) is 0.286. The average molecular weight is 384 g/mol. The Balaban J connectivity index is 2.92. The maximum Gasteiger partial charge on any atom is 0.256 e. The molecule has 1 rings (SSSR count). The monoisotopic (exact) mass is 384 g/mol. The zero-order valence-electron chi connectivity index (χ0n) is 11.2. The van der Waals surface area contributed by atoms with Gasteiger partial charge < -0.3 is 4.12 Å². The van der Waals surface area contributed by atoms with Gasteiger partial charge in [0, 0.05) is 9.13 Å². The van der Waals surface area contributed by atoms with Crippen LogP contribution in [0.1, 0.15) is 5.56 Å². The molecule has 0 aliphatic rings. The molecule has 0 heterocycles. The predicted octanol–water partition coefficient (Wildman–Crippen LogP) is 3.78. The lowest BCUT2D eigenvalue weighted by atomic mass is 10.2. The van der Waals surface area contributed by atoms with Gasteiger partial charge in [0.05, 0.1) is 0 Å². The van der Waals surface area contributed by atoms with E-state index in [1.165, 1.54) is 3.57 Å². The third-order valence-electron chi connectivity index (χ3n) is 2.23. The van der Waals surface area contributed by atoms with Gasteiger partial charge in [-0.15, -0.1) is 12.0 Å². The van der Waals surface area contributed by atoms with Crippen molar-refractivity contribution in [1.82, 2.24) is 0 Å². The van der Waals surface area contributed by atoms with Crippen LogP contribution in [0.5, 0.6) is 0 Å². The van der Waals surface area contributed by atoms with E-state index in [0.29, 0.717) is 0 Å². The molecule has 0 radical (unpaired) electrons. The molecule has 0 aliphatic carbocycles. The molecule has 0 atom stereocenters. The Morgan fingerprint density at radius 3 is 2.28 bits per heavy atom. The first-order valence-corrected chi connectivity index (χ1v) is 12.6. The Kier molecular flexibility index (Phi) is 5.24. The minimum atomic E-state index is -2.01. The van der Waals surface area contributed by atoms with Crippen LogP contribution in [-0.4, -0.2) is 16.6 Å². The van der Waals surface area contributed by atoms with Crippen LogP contribution in [0.15, 0.2) is 24.3 Å². The minimum absolute atomic E-state index is 1.06. The van der Waals surface area contributed by atoms with E-state index in [-0.39, 0.29) is 0 Å². The van der Waals surface area contributed by atoms with Crippen LogP contribution in [0.25, 0.3) is 0 Å². The highest BCUT2D eigenvalue weighted by molar-refractivity contribution is 14.1. The van der Waals surface area contributed by atoms with Crippen molar-refractivity contribution < 1.29 is 4.12 Å². The fourth-order valence-corrected chi connectivity index (χ4v) is 7.97. The van der Waals surface area contributed by atoms with Gasteiger partial charge in [0.1, 0.15) is 0 Å². The van der Waals surface area contributed by atoms with Crippen LogP contribution in [0.2, 0.25) is 26.2 Å². The molecular weight excluding hydrogens is 367 g/mol.